The van der Waals surface area contributed by atoms with Crippen LogP contribution >= 0.6 is 12.2 Å². The summed E-state index contributed by atoms with van der Waals surface area (Å²) in [6, 6.07) is 10.3. The molecule has 0 saturated heterocycles. The highest BCUT2D eigenvalue weighted by atomic mass is 32.1. The maximum absolute atomic E-state index is 12.4. The van der Waals surface area contributed by atoms with Gasteiger partial charge in [0.2, 0.25) is 5.91 Å². The van der Waals surface area contributed by atoms with Crippen LogP contribution in [0.5, 0.6) is 0 Å². The number of rotatable bonds is 7. The summed E-state index contributed by atoms with van der Waals surface area (Å²) in [6.07, 6.45) is 1.79. The molecule has 4 heteroatoms. The van der Waals surface area contributed by atoms with Crippen molar-refractivity contribution in [3.63, 3.8) is 0 Å². The third kappa shape index (κ3) is 5.84. The first-order valence-electron chi connectivity index (χ1n) is 7.38. The SMILES string of the molecule is CC(C)C(C(=O)NC(C)(C)CCc1ccccc1)C(N)=S. The average molecular weight is 306 g/mol. The first-order chi connectivity index (χ1) is 9.73. The fraction of sp³-hybridized carbons (Fsp3) is 0.529. The largest absolute Gasteiger partial charge is 0.393 e. The van der Waals surface area contributed by atoms with E-state index in [9.17, 15) is 4.79 Å². The summed E-state index contributed by atoms with van der Waals surface area (Å²) in [5.74, 6) is -0.376. The van der Waals surface area contributed by atoms with Crippen molar-refractivity contribution in [3.8, 4) is 0 Å². The number of aryl methyl sites for hydroxylation is 1. The van der Waals surface area contributed by atoms with Gasteiger partial charge in [-0.1, -0.05) is 56.4 Å². The van der Waals surface area contributed by atoms with Gasteiger partial charge in [0.1, 0.15) is 0 Å². The predicted molar refractivity (Wildman–Crippen MR) is 92.1 cm³/mol. The Morgan fingerprint density at radius 3 is 2.33 bits per heavy atom. The van der Waals surface area contributed by atoms with Gasteiger partial charge in [0.15, 0.2) is 0 Å². The van der Waals surface area contributed by atoms with Crippen LogP contribution in [-0.4, -0.2) is 16.4 Å². The van der Waals surface area contributed by atoms with Gasteiger partial charge in [0, 0.05) is 5.54 Å². The topological polar surface area (TPSA) is 55.1 Å². The molecule has 0 fully saturated rings. The molecule has 21 heavy (non-hydrogen) atoms. The van der Waals surface area contributed by atoms with E-state index < -0.39 is 5.92 Å². The number of amides is 1. The van der Waals surface area contributed by atoms with E-state index >= 15 is 0 Å². The maximum atomic E-state index is 12.4. The predicted octanol–water partition coefficient (Wildman–Crippen LogP) is 3.07. The van der Waals surface area contributed by atoms with E-state index in [1.807, 2.05) is 45.9 Å². The Balaban J connectivity index is 2.62. The summed E-state index contributed by atoms with van der Waals surface area (Å²) < 4.78 is 0. The Hall–Kier alpha value is -1.42. The fourth-order valence-electron chi connectivity index (χ4n) is 2.34. The third-order valence-corrected chi connectivity index (χ3v) is 3.85. The second-order valence-corrected chi connectivity index (χ2v) is 6.95. The number of nitrogens with two attached hydrogens (primary N) is 1. The molecule has 0 aromatic heterocycles. The Morgan fingerprint density at radius 2 is 1.86 bits per heavy atom. The van der Waals surface area contributed by atoms with Gasteiger partial charge in [-0.05, 0) is 38.2 Å². The summed E-state index contributed by atoms with van der Waals surface area (Å²) in [7, 11) is 0. The lowest BCUT2D eigenvalue weighted by Gasteiger charge is -2.30. The van der Waals surface area contributed by atoms with E-state index in [0.29, 0.717) is 0 Å². The van der Waals surface area contributed by atoms with Crippen molar-refractivity contribution in [1.29, 1.82) is 0 Å². The van der Waals surface area contributed by atoms with Gasteiger partial charge < -0.3 is 11.1 Å². The second kappa shape index (κ2) is 7.55. The Labute approximate surface area is 133 Å². The Bertz CT molecular complexity index is 483. The van der Waals surface area contributed by atoms with Crippen molar-refractivity contribution < 1.29 is 4.79 Å². The average Bonchev–Trinajstić information content (AvgIpc) is 2.36. The molecular weight excluding hydrogens is 280 g/mol. The summed E-state index contributed by atoms with van der Waals surface area (Å²) in [5.41, 5.74) is 6.68. The number of benzene rings is 1. The van der Waals surface area contributed by atoms with Gasteiger partial charge >= 0.3 is 0 Å². The molecule has 1 atom stereocenters. The molecule has 0 spiro atoms. The quantitative estimate of drug-likeness (QED) is 0.761. The second-order valence-electron chi connectivity index (χ2n) is 6.48. The zero-order chi connectivity index (χ0) is 16.0. The molecular formula is C17H26N2OS. The number of nitrogens with one attached hydrogen (secondary N) is 1. The molecule has 1 aromatic rings. The molecule has 1 rings (SSSR count). The highest BCUT2D eigenvalue weighted by Crippen LogP contribution is 2.17. The summed E-state index contributed by atoms with van der Waals surface area (Å²) >= 11 is 5.02. The normalized spacial score (nSPS) is 13.0. The van der Waals surface area contributed by atoms with E-state index in [4.69, 9.17) is 18.0 Å². The van der Waals surface area contributed by atoms with Crippen LogP contribution in [0.4, 0.5) is 0 Å². The summed E-state index contributed by atoms with van der Waals surface area (Å²) in [4.78, 5) is 12.6. The number of thiocarbonyl (C=S) groups is 1. The van der Waals surface area contributed by atoms with Crippen molar-refractivity contribution in [3.05, 3.63) is 35.9 Å². The van der Waals surface area contributed by atoms with Gasteiger partial charge in [-0.25, -0.2) is 0 Å². The molecule has 1 unspecified atom stereocenters. The number of carbonyl (C=O) groups is 1. The van der Waals surface area contributed by atoms with Gasteiger partial charge in [0.25, 0.3) is 0 Å². The Kier molecular flexibility index (Phi) is 6.34. The molecule has 3 nitrogen and oxygen atoms in total. The lowest BCUT2D eigenvalue weighted by atomic mass is 9.91. The van der Waals surface area contributed by atoms with Crippen LogP contribution in [0.3, 0.4) is 0 Å². The van der Waals surface area contributed by atoms with Crippen LogP contribution in [0.2, 0.25) is 0 Å². The molecule has 0 bridgehead atoms. The van der Waals surface area contributed by atoms with Crippen LogP contribution in [0, 0.1) is 11.8 Å². The van der Waals surface area contributed by atoms with E-state index in [2.05, 4.69) is 17.4 Å². The molecule has 1 amide bonds. The molecule has 0 heterocycles. The van der Waals surface area contributed by atoms with Crippen molar-refractivity contribution in [2.75, 3.05) is 0 Å². The van der Waals surface area contributed by atoms with Crippen molar-refractivity contribution in [1.82, 2.24) is 5.32 Å². The van der Waals surface area contributed by atoms with Gasteiger partial charge in [-0.15, -0.1) is 0 Å². The van der Waals surface area contributed by atoms with Crippen LogP contribution in [-0.2, 0) is 11.2 Å². The minimum absolute atomic E-state index is 0.0736. The molecule has 3 N–H and O–H groups in total. The lowest BCUT2D eigenvalue weighted by molar-refractivity contribution is -0.125. The number of hydrogen-bond acceptors (Lipinski definition) is 2. The monoisotopic (exact) mass is 306 g/mol. The highest BCUT2D eigenvalue weighted by molar-refractivity contribution is 7.80. The molecule has 1 aromatic carbocycles. The van der Waals surface area contributed by atoms with Crippen LogP contribution in [0.15, 0.2) is 30.3 Å². The Morgan fingerprint density at radius 1 is 1.29 bits per heavy atom. The van der Waals surface area contributed by atoms with Crippen LogP contribution in [0.1, 0.15) is 39.7 Å². The number of carbonyl (C=O) groups excluding carboxylic acids is 1. The van der Waals surface area contributed by atoms with Gasteiger partial charge in [0.05, 0.1) is 10.9 Å². The molecule has 0 radical (unpaired) electrons. The zero-order valence-corrected chi connectivity index (χ0v) is 14.2. The summed E-state index contributed by atoms with van der Waals surface area (Å²) in [6.45, 7) is 7.98. The molecule has 0 saturated carbocycles. The van der Waals surface area contributed by atoms with Crippen molar-refractivity contribution >= 4 is 23.1 Å². The fourth-order valence-corrected chi connectivity index (χ4v) is 2.71. The molecule has 0 aliphatic carbocycles. The van der Waals surface area contributed by atoms with E-state index in [0.717, 1.165) is 12.8 Å². The van der Waals surface area contributed by atoms with E-state index in [1.54, 1.807) is 0 Å². The van der Waals surface area contributed by atoms with Gasteiger partial charge in [-0.2, -0.15) is 0 Å². The van der Waals surface area contributed by atoms with Crippen molar-refractivity contribution in [2.24, 2.45) is 17.6 Å². The van der Waals surface area contributed by atoms with Crippen LogP contribution < -0.4 is 11.1 Å². The zero-order valence-electron chi connectivity index (χ0n) is 13.3. The lowest BCUT2D eigenvalue weighted by Crippen LogP contribution is -2.50. The van der Waals surface area contributed by atoms with Crippen molar-refractivity contribution in [2.45, 2.75) is 46.1 Å². The first kappa shape index (κ1) is 17.6. The smallest absolute Gasteiger partial charge is 0.230 e. The first-order valence-corrected chi connectivity index (χ1v) is 7.79. The molecule has 116 valence electrons. The van der Waals surface area contributed by atoms with E-state index in [1.165, 1.54) is 5.56 Å². The minimum Gasteiger partial charge on any atom is -0.393 e. The van der Waals surface area contributed by atoms with Gasteiger partial charge in [-0.3, -0.25) is 4.79 Å². The maximum Gasteiger partial charge on any atom is 0.230 e. The molecule has 0 aliphatic rings. The highest BCUT2D eigenvalue weighted by Gasteiger charge is 2.29. The number of hydrogen-bond donors (Lipinski definition) is 2. The minimum atomic E-state index is -0.406. The standard InChI is InChI=1S/C17H26N2OS/c1-12(2)14(15(18)21)16(20)19-17(3,4)11-10-13-8-6-5-7-9-13/h5-9,12,14H,10-11H2,1-4H3,(H2,18,21)(H,19,20). The van der Waals surface area contributed by atoms with E-state index in [-0.39, 0.29) is 22.4 Å². The third-order valence-electron chi connectivity index (χ3n) is 3.60. The van der Waals surface area contributed by atoms with Crippen LogP contribution in [0.25, 0.3) is 0 Å². The summed E-state index contributed by atoms with van der Waals surface area (Å²) in [5, 5.41) is 3.08. The molecule has 0 aliphatic heterocycles.